The Balaban J connectivity index is 2.34. The second-order valence-corrected chi connectivity index (χ2v) is 5.77. The number of pyridine rings is 1. The molecule has 1 aromatic rings. The van der Waals surface area contributed by atoms with Crippen LogP contribution in [-0.2, 0) is 4.74 Å². The van der Waals surface area contributed by atoms with Gasteiger partial charge < -0.3 is 9.30 Å². The number of carbonyl (C=O) groups excluding carboxylic acids is 1. The second kappa shape index (κ2) is 6.32. The zero-order chi connectivity index (χ0) is 17.3. The number of aromatic nitrogens is 1. The molecule has 0 radical (unpaired) electrons. The molecule has 0 spiro atoms. The molecule has 0 N–H and O–H groups in total. The smallest absolute Gasteiger partial charge is 0.340 e. The van der Waals surface area contributed by atoms with E-state index < -0.39 is 5.97 Å². The molecule has 1 aromatic carbocycles. The maximum atomic E-state index is 12.5. The van der Waals surface area contributed by atoms with E-state index in [4.69, 9.17) is 4.74 Å². The summed E-state index contributed by atoms with van der Waals surface area (Å²) in [5.74, 6) is -0.410. The van der Waals surface area contributed by atoms with Crippen LogP contribution in [-0.4, -0.2) is 17.1 Å². The summed E-state index contributed by atoms with van der Waals surface area (Å²) in [4.78, 5) is 24.3. The summed E-state index contributed by atoms with van der Waals surface area (Å²) in [6, 6.07) is 12.8. The van der Waals surface area contributed by atoms with Gasteiger partial charge in [0.2, 0.25) is 0 Å². The van der Waals surface area contributed by atoms with Crippen LogP contribution in [0, 0.1) is 13.8 Å². The van der Waals surface area contributed by atoms with Crippen LogP contribution >= 0.6 is 0 Å². The van der Waals surface area contributed by atoms with Crippen LogP contribution in [0.5, 0.6) is 0 Å². The van der Waals surface area contributed by atoms with E-state index in [-0.39, 0.29) is 12.0 Å². The summed E-state index contributed by atoms with van der Waals surface area (Å²) in [6.07, 6.45) is 1.95. The molecule has 3 rings (SSSR count). The minimum atomic E-state index is -0.410. The van der Waals surface area contributed by atoms with Crippen LogP contribution in [0.1, 0.15) is 28.5 Å². The number of carbonyl (C=O) groups is 1. The minimum Gasteiger partial charge on any atom is -0.462 e. The molecule has 0 fully saturated rings. The van der Waals surface area contributed by atoms with Gasteiger partial charge in [-0.05, 0) is 62.2 Å². The minimum absolute atomic E-state index is 0.124. The van der Waals surface area contributed by atoms with Gasteiger partial charge in [0.05, 0.1) is 12.2 Å². The van der Waals surface area contributed by atoms with Crippen molar-refractivity contribution in [2.75, 3.05) is 6.61 Å². The molecular formula is C20H19NO3. The van der Waals surface area contributed by atoms with Crippen molar-refractivity contribution in [1.29, 1.82) is 0 Å². The van der Waals surface area contributed by atoms with Crippen LogP contribution in [0.3, 0.4) is 0 Å². The van der Waals surface area contributed by atoms with E-state index in [1.807, 2.05) is 42.8 Å². The molecule has 0 unspecified atom stereocenters. The molecule has 4 heteroatoms. The molecule has 0 amide bonds. The zero-order valence-electron chi connectivity index (χ0n) is 14.0. The molecule has 122 valence electrons. The lowest BCUT2D eigenvalue weighted by Gasteiger charge is -2.20. The number of esters is 1. The second-order valence-electron chi connectivity index (χ2n) is 5.77. The third-order valence-electron chi connectivity index (χ3n) is 4.04. The fourth-order valence-corrected chi connectivity index (χ4v) is 2.92. The van der Waals surface area contributed by atoms with Crippen LogP contribution in [0.25, 0.3) is 16.8 Å². The van der Waals surface area contributed by atoms with Crippen molar-refractivity contribution in [3.8, 4) is 16.8 Å². The first-order valence-corrected chi connectivity index (χ1v) is 7.91. The third-order valence-corrected chi connectivity index (χ3v) is 4.04. The van der Waals surface area contributed by atoms with Gasteiger partial charge in [-0.3, -0.25) is 4.79 Å². The van der Waals surface area contributed by atoms with Gasteiger partial charge in [0, 0.05) is 23.1 Å². The number of fused-ring (bicyclic) bond motifs is 1. The van der Waals surface area contributed by atoms with Gasteiger partial charge in [-0.1, -0.05) is 12.1 Å². The summed E-state index contributed by atoms with van der Waals surface area (Å²) in [5, 5.41) is 0. The number of hydrogen-bond acceptors (Lipinski definition) is 3. The Labute approximate surface area is 140 Å². The number of benzene rings is 2. The average Bonchev–Trinajstić information content (AvgIpc) is 2.54. The number of rotatable bonds is 3. The van der Waals surface area contributed by atoms with E-state index in [1.54, 1.807) is 13.0 Å². The number of aryl methyl sites for hydroxylation is 1. The molecule has 2 aliphatic rings. The predicted octanol–water partition coefficient (Wildman–Crippen LogP) is 3.74. The first-order chi connectivity index (χ1) is 11.5. The summed E-state index contributed by atoms with van der Waals surface area (Å²) >= 11 is 0. The Morgan fingerprint density at radius 2 is 1.92 bits per heavy atom. The number of hydrogen-bond donors (Lipinski definition) is 0. The van der Waals surface area contributed by atoms with Crippen LogP contribution < -0.4 is 5.43 Å². The SMILES string of the molecule is CCOC(=O)c1c2cc(=O)ccc-2cn(-c2cccc(C)c2)c1C. The highest BCUT2D eigenvalue weighted by molar-refractivity contribution is 5.99. The van der Waals surface area contributed by atoms with Gasteiger partial charge in [-0.2, -0.15) is 0 Å². The molecule has 0 saturated heterocycles. The van der Waals surface area contributed by atoms with E-state index in [0.717, 1.165) is 22.5 Å². The molecule has 0 saturated carbocycles. The van der Waals surface area contributed by atoms with Crippen LogP contribution in [0.2, 0.25) is 0 Å². The Morgan fingerprint density at radius 3 is 2.62 bits per heavy atom. The summed E-state index contributed by atoms with van der Waals surface area (Å²) in [5.41, 5.74) is 4.61. The molecular weight excluding hydrogens is 302 g/mol. The van der Waals surface area contributed by atoms with E-state index in [1.165, 1.54) is 12.1 Å². The molecule has 0 bridgehead atoms. The molecule has 24 heavy (non-hydrogen) atoms. The Bertz CT molecular complexity index is 940. The number of ether oxygens (including phenoxy) is 1. The molecule has 1 aliphatic carbocycles. The predicted molar refractivity (Wildman–Crippen MR) is 94.1 cm³/mol. The first kappa shape index (κ1) is 16.0. The molecule has 1 heterocycles. The van der Waals surface area contributed by atoms with Gasteiger partial charge in [0.1, 0.15) is 0 Å². The van der Waals surface area contributed by atoms with Crippen molar-refractivity contribution in [1.82, 2.24) is 4.57 Å². The summed E-state index contributed by atoms with van der Waals surface area (Å²) in [6.45, 7) is 5.95. The van der Waals surface area contributed by atoms with Crippen molar-refractivity contribution in [2.24, 2.45) is 0 Å². The monoisotopic (exact) mass is 321 g/mol. The third kappa shape index (κ3) is 2.83. The molecule has 1 aliphatic heterocycles. The quantitative estimate of drug-likeness (QED) is 0.691. The van der Waals surface area contributed by atoms with Gasteiger partial charge in [-0.15, -0.1) is 0 Å². The average molecular weight is 321 g/mol. The largest absolute Gasteiger partial charge is 0.462 e. The van der Waals surface area contributed by atoms with Crippen LogP contribution in [0.4, 0.5) is 0 Å². The number of nitrogens with zero attached hydrogens (tertiary/aromatic N) is 1. The highest BCUT2D eigenvalue weighted by Gasteiger charge is 2.21. The highest BCUT2D eigenvalue weighted by atomic mass is 16.5. The van der Waals surface area contributed by atoms with Crippen LogP contribution in [0.15, 0.2) is 53.5 Å². The van der Waals surface area contributed by atoms with Crippen molar-refractivity contribution in [3.05, 3.63) is 75.7 Å². The Kier molecular flexibility index (Phi) is 4.21. The first-order valence-electron chi connectivity index (χ1n) is 7.91. The fraction of sp³-hybridized carbons (Fsp3) is 0.200. The van der Waals surface area contributed by atoms with E-state index in [2.05, 4.69) is 6.07 Å². The molecule has 0 atom stereocenters. The lowest BCUT2D eigenvalue weighted by atomic mass is 9.97. The summed E-state index contributed by atoms with van der Waals surface area (Å²) in [7, 11) is 0. The van der Waals surface area contributed by atoms with Crippen molar-refractivity contribution in [2.45, 2.75) is 20.8 Å². The summed E-state index contributed by atoms with van der Waals surface area (Å²) < 4.78 is 7.18. The fourth-order valence-electron chi connectivity index (χ4n) is 2.92. The van der Waals surface area contributed by atoms with E-state index in [0.29, 0.717) is 11.1 Å². The van der Waals surface area contributed by atoms with Crippen molar-refractivity contribution >= 4 is 5.97 Å². The topological polar surface area (TPSA) is 48.3 Å². The van der Waals surface area contributed by atoms with Gasteiger partial charge in [0.25, 0.3) is 0 Å². The zero-order valence-corrected chi connectivity index (χ0v) is 14.0. The lowest BCUT2D eigenvalue weighted by Crippen LogP contribution is -2.16. The maximum absolute atomic E-state index is 12.5. The normalized spacial score (nSPS) is 10.8. The Morgan fingerprint density at radius 1 is 1.12 bits per heavy atom. The van der Waals surface area contributed by atoms with Crippen molar-refractivity contribution < 1.29 is 9.53 Å². The highest BCUT2D eigenvalue weighted by Crippen LogP contribution is 2.30. The lowest BCUT2D eigenvalue weighted by molar-refractivity contribution is 0.0525. The van der Waals surface area contributed by atoms with Crippen molar-refractivity contribution in [3.63, 3.8) is 0 Å². The molecule has 0 aromatic heterocycles. The van der Waals surface area contributed by atoms with E-state index >= 15 is 0 Å². The van der Waals surface area contributed by atoms with Gasteiger partial charge in [-0.25, -0.2) is 4.79 Å². The Hall–Kier alpha value is -2.88. The maximum Gasteiger partial charge on any atom is 0.340 e. The molecule has 4 nitrogen and oxygen atoms in total. The standard InChI is InChI=1S/C20H19NO3/c1-4-24-20(23)19-14(3)21(16-7-5-6-13(2)10-16)12-15-8-9-17(22)11-18(15)19/h5-12H,4H2,1-3H3. The van der Waals surface area contributed by atoms with Gasteiger partial charge in [0.15, 0.2) is 5.43 Å². The van der Waals surface area contributed by atoms with Gasteiger partial charge >= 0.3 is 5.97 Å². The van der Waals surface area contributed by atoms with E-state index in [9.17, 15) is 9.59 Å².